The number of piperidine rings is 2. The zero-order valence-electron chi connectivity index (χ0n) is 25.3. The molecular weight excluding hydrogens is 530 g/mol. The molecular formula is C33H45N5O4. The zero-order valence-corrected chi connectivity index (χ0v) is 25.3. The minimum Gasteiger partial charge on any atom is -0.348 e. The van der Waals surface area contributed by atoms with Crippen molar-refractivity contribution in [1.82, 2.24) is 25.0 Å². The second kappa shape index (κ2) is 12.3. The molecule has 42 heavy (non-hydrogen) atoms. The molecule has 4 heterocycles. The van der Waals surface area contributed by atoms with E-state index < -0.39 is 12.1 Å². The zero-order chi connectivity index (χ0) is 30.0. The third-order valence-corrected chi connectivity index (χ3v) is 9.10. The number of hydrogen-bond donors (Lipinski definition) is 2. The molecule has 3 saturated heterocycles. The van der Waals surface area contributed by atoms with E-state index in [0.29, 0.717) is 57.3 Å². The van der Waals surface area contributed by atoms with E-state index in [4.69, 9.17) is 0 Å². The molecule has 2 N–H and O–H groups in total. The lowest BCUT2D eigenvalue weighted by Gasteiger charge is -2.51. The van der Waals surface area contributed by atoms with Gasteiger partial charge in [-0.3, -0.25) is 19.2 Å². The number of aromatic nitrogens is 1. The van der Waals surface area contributed by atoms with Crippen LogP contribution in [0.3, 0.4) is 0 Å². The molecule has 0 radical (unpaired) electrons. The predicted molar refractivity (Wildman–Crippen MR) is 161 cm³/mol. The van der Waals surface area contributed by atoms with Crippen LogP contribution in [0.1, 0.15) is 75.7 Å². The first-order valence-corrected chi connectivity index (χ1v) is 15.4. The highest BCUT2D eigenvalue weighted by molar-refractivity contribution is 5.94. The summed E-state index contributed by atoms with van der Waals surface area (Å²) in [5.41, 5.74) is 1.68. The molecule has 226 valence electrons. The van der Waals surface area contributed by atoms with Gasteiger partial charge >= 0.3 is 0 Å². The second-order valence-electron chi connectivity index (χ2n) is 13.4. The third kappa shape index (κ3) is 6.71. The maximum Gasteiger partial charge on any atom is 0.255 e. The Balaban J connectivity index is 1.29. The van der Waals surface area contributed by atoms with E-state index in [1.165, 1.54) is 0 Å². The molecule has 1 aromatic heterocycles. The molecule has 0 unspecified atom stereocenters. The van der Waals surface area contributed by atoms with Crippen molar-refractivity contribution in [3.63, 3.8) is 0 Å². The Morgan fingerprint density at radius 2 is 1.76 bits per heavy atom. The normalized spacial score (nSPS) is 27.3. The monoisotopic (exact) mass is 575 g/mol. The largest absolute Gasteiger partial charge is 0.348 e. The SMILES string of the molecule is C[C@H]1NC(=O)[C@H](CCc2ccccc2)NC(=O)CCC[C@H]2[C@@H]3C[C@@H](CN(C(=O)c4ccn(C(C)(C)C)c4)C3)CN2C1=O. The lowest BCUT2D eigenvalue weighted by molar-refractivity contribution is -0.145. The second-order valence-corrected chi connectivity index (χ2v) is 13.4. The van der Waals surface area contributed by atoms with Crippen molar-refractivity contribution < 1.29 is 19.2 Å². The number of aryl methyl sites for hydroxylation is 1. The smallest absolute Gasteiger partial charge is 0.255 e. The number of amides is 4. The fraction of sp³-hybridized carbons (Fsp3) is 0.576. The quantitative estimate of drug-likeness (QED) is 0.584. The standard InChI is InChI=1S/C33H45N5O4/c1-22-31(41)38-19-24-17-26(20-36(18-24)32(42)25-15-16-37(21-25)33(2,3)4)28(38)11-8-12-29(39)35-27(30(40)34-22)14-13-23-9-6-5-7-10-23/h5-7,9-10,15-16,21-22,24,26-28H,8,11-14,17-20H2,1-4H3,(H,34,40)(H,35,39)/t22-,24+,26-,27+,28+/m1/s1. The summed E-state index contributed by atoms with van der Waals surface area (Å²) in [6.07, 6.45) is 7.54. The Kier molecular flexibility index (Phi) is 8.76. The van der Waals surface area contributed by atoms with Gasteiger partial charge in [0.05, 0.1) is 5.56 Å². The summed E-state index contributed by atoms with van der Waals surface area (Å²) in [5, 5.41) is 5.83. The molecule has 0 spiro atoms. The molecule has 2 aromatic rings. The first-order valence-electron chi connectivity index (χ1n) is 15.4. The average molecular weight is 576 g/mol. The molecule has 3 aliphatic rings. The van der Waals surface area contributed by atoms with Crippen LogP contribution in [0.2, 0.25) is 0 Å². The van der Waals surface area contributed by atoms with Gasteiger partial charge in [0, 0.05) is 50.0 Å². The number of fused-ring (bicyclic) bond motifs is 4. The lowest BCUT2D eigenvalue weighted by Crippen LogP contribution is -2.63. The summed E-state index contributed by atoms with van der Waals surface area (Å²) < 4.78 is 2.06. The van der Waals surface area contributed by atoms with Gasteiger partial charge in [0.1, 0.15) is 12.1 Å². The Morgan fingerprint density at radius 1 is 1.00 bits per heavy atom. The molecule has 3 aliphatic heterocycles. The summed E-state index contributed by atoms with van der Waals surface area (Å²) in [5.74, 6) is -0.223. The van der Waals surface area contributed by atoms with Gasteiger partial charge in [-0.15, -0.1) is 0 Å². The van der Waals surface area contributed by atoms with Gasteiger partial charge in [-0.2, -0.15) is 0 Å². The van der Waals surface area contributed by atoms with Gasteiger partial charge < -0.3 is 25.0 Å². The highest BCUT2D eigenvalue weighted by Gasteiger charge is 2.45. The van der Waals surface area contributed by atoms with Crippen LogP contribution in [-0.2, 0) is 26.3 Å². The van der Waals surface area contributed by atoms with Crippen LogP contribution in [0.25, 0.3) is 0 Å². The Bertz CT molecular complexity index is 1300. The maximum absolute atomic E-state index is 13.8. The number of hydrogen-bond acceptors (Lipinski definition) is 4. The molecule has 2 bridgehead atoms. The van der Waals surface area contributed by atoms with Gasteiger partial charge in [0.15, 0.2) is 0 Å². The summed E-state index contributed by atoms with van der Waals surface area (Å²) in [4.78, 5) is 57.4. The van der Waals surface area contributed by atoms with E-state index in [0.717, 1.165) is 12.0 Å². The Labute approximate surface area is 249 Å². The highest BCUT2D eigenvalue weighted by atomic mass is 16.2. The van der Waals surface area contributed by atoms with E-state index in [1.807, 2.05) is 58.6 Å². The summed E-state index contributed by atoms with van der Waals surface area (Å²) in [6.45, 7) is 9.80. The Hall–Kier alpha value is -3.62. The van der Waals surface area contributed by atoms with E-state index in [1.54, 1.807) is 6.92 Å². The highest BCUT2D eigenvalue weighted by Crippen LogP contribution is 2.36. The molecule has 4 amide bonds. The van der Waals surface area contributed by atoms with Crippen LogP contribution in [0.5, 0.6) is 0 Å². The average Bonchev–Trinajstić information content (AvgIpc) is 3.46. The summed E-state index contributed by atoms with van der Waals surface area (Å²) in [7, 11) is 0. The number of carbonyl (C=O) groups is 4. The first-order chi connectivity index (χ1) is 20.0. The molecule has 0 saturated carbocycles. The number of nitrogens with zero attached hydrogens (tertiary/aromatic N) is 3. The van der Waals surface area contributed by atoms with Crippen molar-refractivity contribution in [2.24, 2.45) is 11.8 Å². The molecule has 5 atom stereocenters. The summed E-state index contributed by atoms with van der Waals surface area (Å²) in [6, 6.07) is 10.3. The van der Waals surface area contributed by atoms with E-state index in [-0.39, 0.29) is 47.0 Å². The van der Waals surface area contributed by atoms with E-state index in [9.17, 15) is 19.2 Å². The molecule has 1 aromatic carbocycles. The molecule has 3 fully saturated rings. The van der Waals surface area contributed by atoms with Crippen molar-refractivity contribution in [2.75, 3.05) is 19.6 Å². The van der Waals surface area contributed by atoms with Crippen molar-refractivity contribution in [3.05, 3.63) is 59.9 Å². The van der Waals surface area contributed by atoms with Gasteiger partial charge in [0.25, 0.3) is 5.91 Å². The maximum atomic E-state index is 13.8. The van der Waals surface area contributed by atoms with Gasteiger partial charge in [-0.05, 0) is 83.3 Å². The fourth-order valence-electron chi connectivity index (χ4n) is 6.85. The van der Waals surface area contributed by atoms with Crippen LogP contribution >= 0.6 is 0 Å². The van der Waals surface area contributed by atoms with Gasteiger partial charge in [-0.1, -0.05) is 30.3 Å². The number of nitrogens with one attached hydrogen (secondary N) is 2. The number of benzene rings is 1. The van der Waals surface area contributed by atoms with E-state index >= 15 is 0 Å². The van der Waals surface area contributed by atoms with Crippen molar-refractivity contribution in [2.45, 2.75) is 89.9 Å². The molecule has 9 heteroatoms. The molecule has 0 aliphatic carbocycles. The van der Waals surface area contributed by atoms with Crippen molar-refractivity contribution >= 4 is 23.6 Å². The number of likely N-dealkylation sites (tertiary alicyclic amines) is 1. The van der Waals surface area contributed by atoms with Gasteiger partial charge in [0.2, 0.25) is 17.7 Å². The summed E-state index contributed by atoms with van der Waals surface area (Å²) >= 11 is 0. The fourth-order valence-corrected chi connectivity index (χ4v) is 6.85. The minimum atomic E-state index is -0.704. The van der Waals surface area contributed by atoms with Crippen LogP contribution in [-0.4, -0.2) is 75.8 Å². The third-order valence-electron chi connectivity index (χ3n) is 9.10. The first kappa shape index (κ1) is 29.9. The number of rotatable bonds is 4. The van der Waals surface area contributed by atoms with Crippen LogP contribution in [0.4, 0.5) is 0 Å². The molecule has 5 rings (SSSR count). The van der Waals surface area contributed by atoms with Crippen LogP contribution in [0.15, 0.2) is 48.8 Å². The van der Waals surface area contributed by atoms with E-state index in [2.05, 4.69) is 36.0 Å². The minimum absolute atomic E-state index is 0.0298. The molecule has 9 nitrogen and oxygen atoms in total. The predicted octanol–water partition coefficient (Wildman–Crippen LogP) is 3.34. The topological polar surface area (TPSA) is 104 Å². The Morgan fingerprint density at radius 3 is 2.48 bits per heavy atom. The number of carbonyl (C=O) groups excluding carboxylic acids is 4. The van der Waals surface area contributed by atoms with Crippen molar-refractivity contribution in [3.8, 4) is 0 Å². The van der Waals surface area contributed by atoms with Crippen LogP contribution in [0, 0.1) is 11.8 Å². The lowest BCUT2D eigenvalue weighted by atomic mass is 9.77. The van der Waals surface area contributed by atoms with Crippen molar-refractivity contribution in [1.29, 1.82) is 0 Å². The van der Waals surface area contributed by atoms with Crippen LogP contribution < -0.4 is 10.6 Å². The van der Waals surface area contributed by atoms with Gasteiger partial charge in [-0.25, -0.2) is 0 Å².